The monoisotopic (exact) mass is 540 g/mol. The average molecular weight is 541 g/mol. The third kappa shape index (κ3) is 5.48. The van der Waals surface area contributed by atoms with E-state index < -0.39 is 0 Å². The smallest absolute Gasteiger partial charge is 0.309 e. The Hall–Kier alpha value is -3.71. The van der Waals surface area contributed by atoms with Gasteiger partial charge in [0, 0.05) is 38.2 Å². The van der Waals surface area contributed by atoms with Gasteiger partial charge in [0.2, 0.25) is 0 Å². The van der Waals surface area contributed by atoms with Crippen LogP contribution in [0.15, 0.2) is 54.6 Å². The van der Waals surface area contributed by atoms with Crippen molar-refractivity contribution < 1.29 is 14.3 Å². The van der Waals surface area contributed by atoms with Crippen molar-refractivity contribution in [3.05, 3.63) is 88.0 Å². The molecule has 0 bridgehead atoms. The number of benzene rings is 3. The number of para-hydroxylation sites is 1. The van der Waals surface area contributed by atoms with Crippen LogP contribution < -0.4 is 4.74 Å². The summed E-state index contributed by atoms with van der Waals surface area (Å²) in [6.07, 6.45) is 1.10. The molecule has 7 nitrogen and oxygen atoms in total. The van der Waals surface area contributed by atoms with Gasteiger partial charge in [0.25, 0.3) is 0 Å². The first kappa shape index (κ1) is 27.8. The second-order valence-corrected chi connectivity index (χ2v) is 11.0. The van der Waals surface area contributed by atoms with Crippen molar-refractivity contribution in [2.24, 2.45) is 13.0 Å². The van der Waals surface area contributed by atoms with Crippen molar-refractivity contribution in [3.8, 4) is 5.75 Å². The highest BCUT2D eigenvalue weighted by Gasteiger charge is 2.31. The zero-order valence-electron chi connectivity index (χ0n) is 24.5. The number of carbonyl (C=O) groups is 1. The molecular formula is C33H40N4O3. The van der Waals surface area contributed by atoms with Gasteiger partial charge in [-0.2, -0.15) is 0 Å². The van der Waals surface area contributed by atoms with E-state index in [2.05, 4.69) is 84.5 Å². The van der Waals surface area contributed by atoms with Gasteiger partial charge >= 0.3 is 5.97 Å². The van der Waals surface area contributed by atoms with Crippen molar-refractivity contribution >= 4 is 17.0 Å². The molecule has 1 aliphatic rings. The lowest BCUT2D eigenvalue weighted by molar-refractivity contribution is -0.147. The summed E-state index contributed by atoms with van der Waals surface area (Å²) in [5, 5.41) is 8.65. The summed E-state index contributed by atoms with van der Waals surface area (Å²) in [5.41, 5.74) is 8.77. The molecule has 3 aromatic carbocycles. The van der Waals surface area contributed by atoms with Crippen LogP contribution >= 0.6 is 0 Å². The minimum Gasteiger partial charge on any atom is -0.489 e. The Bertz CT molecular complexity index is 1510. The van der Waals surface area contributed by atoms with E-state index in [1.165, 1.54) is 16.7 Å². The first-order valence-electron chi connectivity index (χ1n) is 14.3. The predicted octanol–water partition coefficient (Wildman–Crippen LogP) is 6.09. The predicted molar refractivity (Wildman–Crippen MR) is 157 cm³/mol. The van der Waals surface area contributed by atoms with Crippen molar-refractivity contribution in [2.45, 2.75) is 66.2 Å². The van der Waals surface area contributed by atoms with Crippen molar-refractivity contribution in [1.82, 2.24) is 19.9 Å². The van der Waals surface area contributed by atoms with Crippen LogP contribution in [-0.2, 0) is 29.7 Å². The molecule has 210 valence electrons. The first-order chi connectivity index (χ1) is 19.3. The van der Waals surface area contributed by atoms with Crippen LogP contribution in [0.3, 0.4) is 0 Å². The maximum atomic E-state index is 13.1. The number of ether oxygens (including phenoxy) is 2. The largest absolute Gasteiger partial charge is 0.489 e. The standard InChI is InChI=1S/C33H40N4O3/c1-7-27-20-37(18-25-11-9-10-12-30(25)40-27)19-26-17-24(14-13-21(26)3)31(23(5)33(38)39-8-2)28-15-16-29-32(22(28)4)34-35-36(29)6/h9-17,23,27,31H,7-8,18-20H2,1-6H3/t23?,27?,31-/m1/s1. The minimum atomic E-state index is -0.369. The van der Waals surface area contributed by atoms with Gasteiger partial charge < -0.3 is 9.47 Å². The Balaban J connectivity index is 1.54. The van der Waals surface area contributed by atoms with Gasteiger partial charge in [-0.15, -0.1) is 5.10 Å². The van der Waals surface area contributed by atoms with Crippen molar-refractivity contribution in [3.63, 3.8) is 0 Å². The summed E-state index contributed by atoms with van der Waals surface area (Å²) in [7, 11) is 1.90. The summed E-state index contributed by atoms with van der Waals surface area (Å²) in [4.78, 5) is 15.6. The normalized spacial score (nSPS) is 17.1. The Labute approximate surface area is 237 Å². The molecule has 0 amide bonds. The van der Waals surface area contributed by atoms with Gasteiger partial charge in [-0.05, 0) is 67.1 Å². The number of aryl methyl sites for hydroxylation is 3. The van der Waals surface area contributed by atoms with Crippen LogP contribution in [0.2, 0.25) is 0 Å². The number of aromatic nitrogens is 3. The molecule has 2 unspecified atom stereocenters. The zero-order valence-corrected chi connectivity index (χ0v) is 24.5. The molecule has 3 atom stereocenters. The number of hydrogen-bond donors (Lipinski definition) is 0. The summed E-state index contributed by atoms with van der Waals surface area (Å²) in [5.74, 6) is 0.244. The molecule has 2 heterocycles. The van der Waals surface area contributed by atoms with Gasteiger partial charge in [-0.25, -0.2) is 4.68 Å². The maximum absolute atomic E-state index is 13.1. The third-order valence-corrected chi connectivity index (χ3v) is 8.28. The van der Waals surface area contributed by atoms with Crippen LogP contribution in [0.4, 0.5) is 0 Å². The molecule has 40 heavy (non-hydrogen) atoms. The molecule has 0 radical (unpaired) electrons. The molecule has 7 heteroatoms. The van der Waals surface area contributed by atoms with Crippen molar-refractivity contribution in [2.75, 3.05) is 13.2 Å². The maximum Gasteiger partial charge on any atom is 0.309 e. The molecule has 0 aliphatic carbocycles. The van der Waals surface area contributed by atoms with E-state index in [1.54, 1.807) is 4.68 Å². The van der Waals surface area contributed by atoms with Crippen LogP contribution in [0.5, 0.6) is 5.75 Å². The zero-order chi connectivity index (χ0) is 28.4. The van der Waals surface area contributed by atoms with Crippen LogP contribution in [0.1, 0.15) is 66.5 Å². The molecule has 4 aromatic rings. The summed E-state index contributed by atoms with van der Waals surface area (Å²) in [6.45, 7) is 13.1. The average Bonchev–Trinajstić information content (AvgIpc) is 3.23. The van der Waals surface area contributed by atoms with E-state index in [1.807, 2.05) is 27.0 Å². The summed E-state index contributed by atoms with van der Waals surface area (Å²) in [6, 6.07) is 19.2. The van der Waals surface area contributed by atoms with Gasteiger partial charge in [-0.3, -0.25) is 9.69 Å². The number of hydrogen-bond acceptors (Lipinski definition) is 6. The fourth-order valence-corrected chi connectivity index (χ4v) is 5.92. The van der Waals surface area contributed by atoms with E-state index in [9.17, 15) is 4.79 Å². The topological polar surface area (TPSA) is 69.5 Å². The quantitative estimate of drug-likeness (QED) is 0.252. The second kappa shape index (κ2) is 11.8. The number of carbonyl (C=O) groups excluding carboxylic acids is 1. The molecule has 0 fully saturated rings. The molecule has 5 rings (SSSR count). The fraction of sp³-hybridized carbons (Fsp3) is 0.424. The van der Waals surface area contributed by atoms with Gasteiger partial charge in [-0.1, -0.05) is 61.5 Å². The Kier molecular flexibility index (Phi) is 8.22. The van der Waals surface area contributed by atoms with E-state index in [-0.39, 0.29) is 23.9 Å². The molecule has 0 saturated heterocycles. The lowest BCUT2D eigenvalue weighted by Crippen LogP contribution is -2.32. The van der Waals surface area contributed by atoms with Crippen LogP contribution in [-0.4, -0.2) is 45.1 Å². The SMILES string of the molecule is CCOC(=O)C(C)[C@H](c1ccc(C)c(CN2Cc3ccccc3OC(CC)C2)c1)c1ccc2c(nnn2C)c1C. The highest BCUT2D eigenvalue weighted by molar-refractivity contribution is 5.81. The van der Waals surface area contributed by atoms with Gasteiger partial charge in [0.1, 0.15) is 17.4 Å². The van der Waals surface area contributed by atoms with E-state index in [0.29, 0.717) is 6.61 Å². The summed E-state index contributed by atoms with van der Waals surface area (Å²) < 4.78 is 13.6. The Morgan fingerprint density at radius 1 is 1.12 bits per heavy atom. The highest BCUT2D eigenvalue weighted by Crippen LogP contribution is 2.38. The fourth-order valence-electron chi connectivity index (χ4n) is 5.92. The molecule has 0 saturated carbocycles. The van der Waals surface area contributed by atoms with Crippen LogP contribution in [0, 0.1) is 19.8 Å². The number of rotatable bonds is 8. The van der Waals surface area contributed by atoms with E-state index in [0.717, 1.165) is 59.5 Å². The van der Waals surface area contributed by atoms with E-state index in [4.69, 9.17) is 9.47 Å². The van der Waals surface area contributed by atoms with Gasteiger partial charge in [0.05, 0.1) is 18.0 Å². The molecule has 0 N–H and O–H groups in total. The third-order valence-electron chi connectivity index (χ3n) is 8.28. The molecule has 1 aromatic heterocycles. The number of fused-ring (bicyclic) bond motifs is 2. The first-order valence-corrected chi connectivity index (χ1v) is 14.3. The molecule has 1 aliphatic heterocycles. The summed E-state index contributed by atoms with van der Waals surface area (Å²) >= 11 is 0. The molecular weight excluding hydrogens is 500 g/mol. The van der Waals surface area contributed by atoms with Crippen LogP contribution in [0.25, 0.3) is 11.0 Å². The van der Waals surface area contributed by atoms with Crippen molar-refractivity contribution in [1.29, 1.82) is 0 Å². The lowest BCUT2D eigenvalue weighted by atomic mass is 9.78. The lowest BCUT2D eigenvalue weighted by Gasteiger charge is -2.28. The number of nitrogens with zero attached hydrogens (tertiary/aromatic N) is 4. The minimum absolute atomic E-state index is 0.144. The van der Waals surface area contributed by atoms with Gasteiger partial charge in [0.15, 0.2) is 0 Å². The molecule has 0 spiro atoms. The second-order valence-electron chi connectivity index (χ2n) is 11.0. The Morgan fingerprint density at radius 3 is 2.70 bits per heavy atom. The Morgan fingerprint density at radius 2 is 1.93 bits per heavy atom. The number of esters is 1. The highest BCUT2D eigenvalue weighted by atomic mass is 16.5. The van der Waals surface area contributed by atoms with E-state index >= 15 is 0 Å².